The number of para-hydroxylation sites is 2. The number of rotatable bonds is 5. The topological polar surface area (TPSA) is 82.5 Å². The van der Waals surface area contributed by atoms with Crippen LogP contribution in [0.25, 0.3) is 21.3 Å². The molecule has 1 aliphatic rings. The molecule has 0 aliphatic carbocycles. The Balaban J connectivity index is 1.29. The number of carbonyl (C=O) groups is 1. The van der Waals surface area contributed by atoms with Gasteiger partial charge in [-0.2, -0.15) is 0 Å². The van der Waals surface area contributed by atoms with Crippen molar-refractivity contribution in [1.29, 1.82) is 0 Å². The summed E-state index contributed by atoms with van der Waals surface area (Å²) in [5.41, 5.74) is 2.71. The van der Waals surface area contributed by atoms with Crippen molar-refractivity contribution in [3.63, 3.8) is 0 Å². The van der Waals surface area contributed by atoms with Crippen LogP contribution in [0.3, 0.4) is 0 Å². The van der Waals surface area contributed by atoms with E-state index in [2.05, 4.69) is 10.3 Å². The summed E-state index contributed by atoms with van der Waals surface area (Å²) in [7, 11) is 0. The van der Waals surface area contributed by atoms with Crippen LogP contribution in [0.4, 0.5) is 0 Å². The quantitative estimate of drug-likeness (QED) is 0.507. The molecular weight excluding hydrogens is 426 g/mol. The molecule has 32 heavy (non-hydrogen) atoms. The number of thiophene rings is 1. The lowest BCUT2D eigenvalue weighted by Gasteiger charge is -2.26. The number of amides is 1. The van der Waals surface area contributed by atoms with Gasteiger partial charge in [-0.1, -0.05) is 42.0 Å². The van der Waals surface area contributed by atoms with Gasteiger partial charge < -0.3 is 14.8 Å². The smallest absolute Gasteiger partial charge is 0.263 e. The van der Waals surface area contributed by atoms with E-state index < -0.39 is 0 Å². The summed E-state index contributed by atoms with van der Waals surface area (Å²) < 4.78 is 12.9. The summed E-state index contributed by atoms with van der Waals surface area (Å²) in [5.74, 6) is 1.06. The molecule has 1 aliphatic heterocycles. The van der Waals surface area contributed by atoms with Gasteiger partial charge in [-0.3, -0.25) is 14.2 Å². The Morgan fingerprint density at radius 2 is 1.97 bits per heavy atom. The van der Waals surface area contributed by atoms with Crippen LogP contribution in [0.5, 0.6) is 11.5 Å². The van der Waals surface area contributed by atoms with Crippen LogP contribution in [-0.4, -0.2) is 34.7 Å². The third-order valence-electron chi connectivity index (χ3n) is 5.33. The number of fused-ring (bicyclic) bond motifs is 2. The Bertz CT molecular complexity index is 1340. The lowest BCUT2D eigenvalue weighted by Crippen LogP contribution is -2.42. The van der Waals surface area contributed by atoms with Crippen molar-refractivity contribution < 1.29 is 14.3 Å². The Labute approximate surface area is 188 Å². The second-order valence-electron chi connectivity index (χ2n) is 7.67. The summed E-state index contributed by atoms with van der Waals surface area (Å²) in [6.45, 7) is 2.53. The summed E-state index contributed by atoms with van der Waals surface area (Å²) >= 11 is 1.42. The molecule has 3 heterocycles. The van der Waals surface area contributed by atoms with Crippen LogP contribution >= 0.6 is 11.3 Å². The van der Waals surface area contributed by atoms with E-state index in [0.29, 0.717) is 28.3 Å². The number of aryl methyl sites for hydroxylation is 1. The normalized spacial score (nSPS) is 15.0. The molecule has 1 amide bonds. The molecule has 4 aromatic rings. The molecule has 162 valence electrons. The third kappa shape index (κ3) is 3.97. The number of carbonyl (C=O) groups excluding carboxylic acids is 1. The van der Waals surface area contributed by atoms with E-state index in [4.69, 9.17) is 9.47 Å². The minimum absolute atomic E-state index is 0.116. The Hall–Kier alpha value is -3.65. The largest absolute Gasteiger partial charge is 0.486 e. The fourth-order valence-electron chi connectivity index (χ4n) is 3.63. The standard InChI is InChI=1S/C24H21N3O4S/c1-15-6-8-16(9-7-15)18-13-32-23-22(18)24(29)27(14-26-23)11-21(28)25-10-17-12-30-19-4-2-3-5-20(19)31-17/h2-9,13-14,17H,10-12H2,1H3,(H,25,28)/t17-/m0/s1. The average molecular weight is 448 g/mol. The molecule has 1 N–H and O–H groups in total. The molecule has 0 saturated heterocycles. The Morgan fingerprint density at radius 3 is 2.78 bits per heavy atom. The van der Waals surface area contributed by atoms with Gasteiger partial charge in [-0.25, -0.2) is 4.98 Å². The number of hydrogen-bond acceptors (Lipinski definition) is 6. The molecule has 2 aromatic carbocycles. The molecule has 0 unspecified atom stereocenters. The second kappa shape index (κ2) is 8.47. The first-order chi connectivity index (χ1) is 15.6. The van der Waals surface area contributed by atoms with Gasteiger partial charge in [-0.05, 0) is 24.6 Å². The number of nitrogens with one attached hydrogen (secondary N) is 1. The summed E-state index contributed by atoms with van der Waals surface area (Å²) in [5, 5.41) is 5.30. The number of nitrogens with zero attached hydrogens (tertiary/aromatic N) is 2. The molecule has 2 aromatic heterocycles. The zero-order valence-corrected chi connectivity index (χ0v) is 18.2. The molecule has 1 atom stereocenters. The van der Waals surface area contributed by atoms with Crippen molar-refractivity contribution in [2.45, 2.75) is 19.6 Å². The molecule has 0 fully saturated rings. The van der Waals surface area contributed by atoms with E-state index in [1.807, 2.05) is 60.8 Å². The fourth-order valence-corrected chi connectivity index (χ4v) is 4.53. The predicted molar refractivity (Wildman–Crippen MR) is 123 cm³/mol. The van der Waals surface area contributed by atoms with Crippen LogP contribution in [0, 0.1) is 6.92 Å². The maximum absolute atomic E-state index is 13.1. The van der Waals surface area contributed by atoms with E-state index in [0.717, 1.165) is 16.7 Å². The number of benzene rings is 2. The first-order valence-corrected chi connectivity index (χ1v) is 11.2. The van der Waals surface area contributed by atoms with E-state index in [-0.39, 0.29) is 30.7 Å². The van der Waals surface area contributed by atoms with Crippen molar-refractivity contribution in [1.82, 2.24) is 14.9 Å². The van der Waals surface area contributed by atoms with E-state index in [1.54, 1.807) is 0 Å². The van der Waals surface area contributed by atoms with Crippen LogP contribution in [0.15, 0.2) is 65.0 Å². The lowest BCUT2D eigenvalue weighted by atomic mass is 10.1. The van der Waals surface area contributed by atoms with Gasteiger partial charge in [0.05, 0.1) is 18.3 Å². The summed E-state index contributed by atoms with van der Waals surface area (Å²) in [6, 6.07) is 15.4. The van der Waals surface area contributed by atoms with Crippen molar-refractivity contribution in [2.75, 3.05) is 13.2 Å². The highest BCUT2D eigenvalue weighted by Gasteiger charge is 2.21. The van der Waals surface area contributed by atoms with E-state index in [1.165, 1.54) is 22.2 Å². The number of hydrogen-bond donors (Lipinski definition) is 1. The molecule has 8 heteroatoms. The van der Waals surface area contributed by atoms with Gasteiger partial charge >= 0.3 is 0 Å². The highest BCUT2D eigenvalue weighted by molar-refractivity contribution is 7.17. The van der Waals surface area contributed by atoms with Crippen LogP contribution in [-0.2, 0) is 11.3 Å². The minimum Gasteiger partial charge on any atom is -0.486 e. The third-order valence-corrected chi connectivity index (χ3v) is 6.22. The SMILES string of the molecule is Cc1ccc(-c2csc3ncn(CC(=O)NC[C@H]4COc5ccccc5O4)c(=O)c23)cc1. The van der Waals surface area contributed by atoms with Crippen molar-refractivity contribution in [3.05, 3.63) is 76.2 Å². The minimum atomic E-state index is -0.295. The number of ether oxygens (including phenoxy) is 2. The second-order valence-corrected chi connectivity index (χ2v) is 8.53. The molecule has 5 rings (SSSR count). The molecule has 0 bridgehead atoms. The first kappa shape index (κ1) is 20.3. The Morgan fingerprint density at radius 1 is 1.19 bits per heavy atom. The monoisotopic (exact) mass is 447 g/mol. The van der Waals surface area contributed by atoms with Gasteiger partial charge in [0.25, 0.3) is 5.56 Å². The highest BCUT2D eigenvalue weighted by Crippen LogP contribution is 2.31. The molecule has 0 radical (unpaired) electrons. The van der Waals surface area contributed by atoms with Gasteiger partial charge in [0.1, 0.15) is 24.1 Å². The van der Waals surface area contributed by atoms with Crippen LogP contribution < -0.4 is 20.3 Å². The molecule has 7 nitrogen and oxygen atoms in total. The fraction of sp³-hybridized carbons (Fsp3) is 0.208. The first-order valence-electron chi connectivity index (χ1n) is 10.3. The van der Waals surface area contributed by atoms with Crippen molar-refractivity contribution in [2.24, 2.45) is 0 Å². The molecular formula is C24H21N3O4S. The van der Waals surface area contributed by atoms with Gasteiger partial charge in [-0.15, -0.1) is 11.3 Å². The zero-order valence-electron chi connectivity index (χ0n) is 17.4. The molecule has 0 spiro atoms. The number of aromatic nitrogens is 2. The zero-order chi connectivity index (χ0) is 22.1. The summed E-state index contributed by atoms with van der Waals surface area (Å²) in [6.07, 6.45) is 1.13. The van der Waals surface area contributed by atoms with Crippen molar-refractivity contribution in [3.8, 4) is 22.6 Å². The van der Waals surface area contributed by atoms with Crippen LogP contribution in [0.1, 0.15) is 5.56 Å². The Kier molecular flexibility index (Phi) is 5.36. The highest BCUT2D eigenvalue weighted by atomic mass is 32.1. The van der Waals surface area contributed by atoms with Crippen LogP contribution in [0.2, 0.25) is 0 Å². The summed E-state index contributed by atoms with van der Waals surface area (Å²) in [4.78, 5) is 30.7. The van der Waals surface area contributed by atoms with Gasteiger partial charge in [0.15, 0.2) is 11.5 Å². The van der Waals surface area contributed by atoms with E-state index >= 15 is 0 Å². The average Bonchev–Trinajstić information content (AvgIpc) is 3.25. The molecule has 0 saturated carbocycles. The van der Waals surface area contributed by atoms with Crippen molar-refractivity contribution >= 4 is 27.5 Å². The maximum Gasteiger partial charge on any atom is 0.263 e. The lowest BCUT2D eigenvalue weighted by molar-refractivity contribution is -0.122. The maximum atomic E-state index is 13.1. The van der Waals surface area contributed by atoms with E-state index in [9.17, 15) is 9.59 Å². The van der Waals surface area contributed by atoms with Gasteiger partial charge in [0, 0.05) is 10.9 Å². The van der Waals surface area contributed by atoms with Gasteiger partial charge in [0.2, 0.25) is 5.91 Å². The predicted octanol–water partition coefficient (Wildman–Crippen LogP) is 3.39.